The highest BCUT2D eigenvalue weighted by molar-refractivity contribution is 7.59. The van der Waals surface area contributed by atoms with Gasteiger partial charge in [-0.05, 0) is 31.5 Å². The van der Waals surface area contributed by atoms with Crippen molar-refractivity contribution in [2.75, 3.05) is 0 Å². The van der Waals surface area contributed by atoms with Gasteiger partial charge in [-0.1, -0.05) is 12.1 Å². The largest absolute Gasteiger partial charge is 0.484 e. The molecule has 0 heterocycles. The second kappa shape index (κ2) is 9.51. The molecule has 0 spiro atoms. The average molecular weight is 439 g/mol. The van der Waals surface area contributed by atoms with E-state index in [1.54, 1.807) is 0 Å². The molecule has 9 N–H and O–H groups in total. The van der Waals surface area contributed by atoms with Crippen molar-refractivity contribution in [3.63, 3.8) is 0 Å². The fourth-order valence-corrected chi connectivity index (χ4v) is 2.64. The van der Waals surface area contributed by atoms with Crippen LogP contribution in [-0.4, -0.2) is 55.7 Å². The minimum Gasteiger partial charge on any atom is -0.480 e. The summed E-state index contributed by atoms with van der Waals surface area (Å²) in [5.41, 5.74) is -1.29. The molecule has 10 nitrogen and oxygen atoms in total. The van der Waals surface area contributed by atoms with Gasteiger partial charge in [-0.2, -0.15) is 23.5 Å². The molecule has 0 aliphatic carbocycles. The number of quaternary nitrogens is 1. The Morgan fingerprint density at radius 3 is 2.00 bits per heavy atom. The van der Waals surface area contributed by atoms with Crippen molar-refractivity contribution in [2.45, 2.75) is 44.1 Å². The van der Waals surface area contributed by atoms with Crippen LogP contribution in [-0.2, 0) is 26.5 Å². The van der Waals surface area contributed by atoms with Crippen LogP contribution in [0, 0.1) is 0 Å². The fourth-order valence-electron chi connectivity index (χ4n) is 2.15. The lowest BCUT2D eigenvalue weighted by Crippen LogP contribution is -2.67. The van der Waals surface area contributed by atoms with Gasteiger partial charge in [-0.15, -0.1) is 0 Å². The van der Waals surface area contributed by atoms with Crippen molar-refractivity contribution in [1.29, 1.82) is 0 Å². The maximum Gasteiger partial charge on any atom is 0.484 e. The second-order valence-corrected chi connectivity index (χ2v) is 8.24. The topological polar surface area (TPSA) is 184 Å². The minimum absolute atomic E-state index is 0.167. The van der Waals surface area contributed by atoms with Gasteiger partial charge in [0, 0.05) is 6.42 Å². The fraction of sp³-hybridized carbons (Fsp3) is 0.438. The molecule has 0 radical (unpaired) electrons. The molecule has 0 saturated heterocycles. The number of carboxylic acid groups (broad SMARTS) is 1. The molecule has 2 amide bonds. The first-order chi connectivity index (χ1) is 13.2. The van der Waals surface area contributed by atoms with Crippen LogP contribution in [0.5, 0.6) is 0 Å². The number of carboxylic acids is 1. The Labute approximate surface area is 165 Å². The highest BCUT2D eigenvalue weighted by atomic mass is 31.2. The summed E-state index contributed by atoms with van der Waals surface area (Å²) in [6.07, 6.45) is -0.167. The smallest absolute Gasteiger partial charge is 0.480 e. The third kappa shape index (κ3) is 6.65. The lowest BCUT2D eigenvalue weighted by atomic mass is 10.0. The van der Waals surface area contributed by atoms with E-state index in [9.17, 15) is 23.2 Å². The Balaban J connectivity index is 3.05. The van der Waals surface area contributed by atoms with Gasteiger partial charge in [0.15, 0.2) is 6.04 Å². The minimum atomic E-state index is -5.47. The summed E-state index contributed by atoms with van der Waals surface area (Å²) in [4.78, 5) is 61.8. The number of carbonyl (C=O) groups is 3. The summed E-state index contributed by atoms with van der Waals surface area (Å²) in [6, 6.07) is 0.842. The van der Waals surface area contributed by atoms with Crippen molar-refractivity contribution < 1.29 is 48.7 Å². The molecule has 1 aromatic carbocycles. The molecule has 162 valence electrons. The zero-order chi connectivity index (χ0) is 22.6. The van der Waals surface area contributed by atoms with E-state index in [0.717, 1.165) is 24.3 Å². The van der Waals surface area contributed by atoms with Gasteiger partial charge in [0.25, 0.3) is 5.91 Å². The summed E-state index contributed by atoms with van der Waals surface area (Å²) in [5.74, 6) is -2.66. The standard InChI is InChI=1S/C16H22F2N3O7P/c1-8(19)13(22)21-12(14(23)20-9(2)15(24)25)7-10-3-5-11(6-4-10)16(17,18)29(26,27)28/h3-6,8-9,12,26-28H,7,19H2,1-2H3,(H2-,20,21,22,23,24,25)/p+2/t8-,9-,12-/m0/s1. The Kier molecular flexibility index (Phi) is 8.13. The number of benzene rings is 1. The van der Waals surface area contributed by atoms with Gasteiger partial charge in [0.1, 0.15) is 12.1 Å². The molecule has 0 aliphatic rings. The van der Waals surface area contributed by atoms with E-state index in [1.165, 1.54) is 13.8 Å². The van der Waals surface area contributed by atoms with Crippen molar-refractivity contribution in [2.24, 2.45) is 0 Å². The Morgan fingerprint density at radius 1 is 1.07 bits per heavy atom. The number of alkyl halides is 2. The average Bonchev–Trinajstić information content (AvgIpc) is 2.60. The second-order valence-electron chi connectivity index (χ2n) is 6.54. The van der Waals surface area contributed by atoms with Crippen LogP contribution in [0.4, 0.5) is 8.78 Å². The Bertz CT molecular complexity index is 754. The molecule has 3 atom stereocenters. The number of amides is 2. The first-order valence-corrected chi connectivity index (χ1v) is 10.0. The third-order valence-electron chi connectivity index (χ3n) is 3.93. The monoisotopic (exact) mass is 439 g/mol. The van der Waals surface area contributed by atoms with Crippen LogP contribution >= 0.6 is 7.94 Å². The van der Waals surface area contributed by atoms with Crippen LogP contribution in [0.2, 0.25) is 0 Å². The number of nitrogens with one attached hydrogen (secondary N) is 2. The Morgan fingerprint density at radius 2 is 1.59 bits per heavy atom. The number of hydrogen-bond donors (Lipinski definition) is 7. The van der Waals surface area contributed by atoms with E-state index < -0.39 is 55.1 Å². The number of rotatable bonds is 9. The molecule has 1 rings (SSSR count). The summed E-state index contributed by atoms with van der Waals surface area (Å²) in [5, 5.41) is 13.5. The van der Waals surface area contributed by atoms with Gasteiger partial charge in [-0.3, -0.25) is 14.4 Å². The van der Waals surface area contributed by atoms with Gasteiger partial charge < -0.3 is 21.5 Å². The summed E-state index contributed by atoms with van der Waals surface area (Å²) < 4.78 is 27.6. The number of aliphatic carboxylic acids is 1. The van der Waals surface area contributed by atoms with E-state index in [1.807, 2.05) is 0 Å². The molecule has 0 saturated carbocycles. The molecule has 0 fully saturated rings. The first-order valence-electron chi connectivity index (χ1n) is 8.38. The summed E-state index contributed by atoms with van der Waals surface area (Å²) in [7, 11) is -5.47. The summed E-state index contributed by atoms with van der Waals surface area (Å²) >= 11 is 0. The zero-order valence-electron chi connectivity index (χ0n) is 15.7. The van der Waals surface area contributed by atoms with Crippen molar-refractivity contribution in [1.82, 2.24) is 10.6 Å². The molecule has 13 heteroatoms. The molecule has 0 bridgehead atoms. The molecule has 0 unspecified atom stereocenters. The van der Waals surface area contributed by atoms with Crippen LogP contribution < -0.4 is 16.4 Å². The molecule has 29 heavy (non-hydrogen) atoms. The zero-order valence-corrected chi connectivity index (χ0v) is 16.6. The van der Waals surface area contributed by atoms with Crippen LogP contribution in [0.3, 0.4) is 0 Å². The highest BCUT2D eigenvalue weighted by Gasteiger charge is 2.63. The van der Waals surface area contributed by atoms with Crippen molar-refractivity contribution >= 4 is 25.7 Å². The molecular weight excluding hydrogens is 415 g/mol. The third-order valence-corrected chi connectivity index (χ3v) is 4.94. The van der Waals surface area contributed by atoms with E-state index in [4.69, 9.17) is 19.8 Å². The van der Waals surface area contributed by atoms with Crippen molar-refractivity contribution in [3.05, 3.63) is 35.4 Å². The van der Waals surface area contributed by atoms with E-state index in [0.29, 0.717) is 5.56 Å². The highest BCUT2D eigenvalue weighted by Crippen LogP contribution is 2.65. The Hall–Kier alpha value is -2.24. The van der Waals surface area contributed by atoms with E-state index in [-0.39, 0.29) is 6.42 Å². The lowest BCUT2D eigenvalue weighted by molar-refractivity contribution is -0.398. The van der Waals surface area contributed by atoms with Crippen molar-refractivity contribution in [3.8, 4) is 0 Å². The molecule has 1 aromatic rings. The SMILES string of the molecule is C[C@H]([NH3+])C(=O)N[C@@H](Cc1ccc(C(F)(F)[P+](O)(O)O)cc1)C(=O)N[C@@H](C)C(=O)O. The van der Waals surface area contributed by atoms with E-state index >= 15 is 0 Å². The molecule has 0 aliphatic heterocycles. The quantitative estimate of drug-likeness (QED) is 0.234. The number of carbonyl (C=O) groups excluding carboxylic acids is 2. The molecular formula is C16H24F2N3O7P+2. The van der Waals surface area contributed by atoms with Gasteiger partial charge >= 0.3 is 19.6 Å². The lowest BCUT2D eigenvalue weighted by Gasteiger charge is -2.21. The first kappa shape index (κ1) is 24.8. The number of halogens is 2. The normalized spacial score (nSPS) is 15.2. The van der Waals surface area contributed by atoms with Crippen LogP contribution in [0.25, 0.3) is 0 Å². The van der Waals surface area contributed by atoms with Gasteiger partial charge in [0.2, 0.25) is 5.91 Å². The van der Waals surface area contributed by atoms with Gasteiger partial charge in [0.05, 0.1) is 5.56 Å². The molecule has 0 aromatic heterocycles. The van der Waals surface area contributed by atoms with E-state index in [2.05, 4.69) is 16.4 Å². The summed E-state index contributed by atoms with van der Waals surface area (Å²) in [6.45, 7) is 2.71. The van der Waals surface area contributed by atoms with Crippen LogP contribution in [0.1, 0.15) is 25.0 Å². The van der Waals surface area contributed by atoms with Crippen LogP contribution in [0.15, 0.2) is 24.3 Å². The number of hydrogen-bond acceptors (Lipinski definition) is 6. The maximum atomic E-state index is 13.8. The predicted molar refractivity (Wildman–Crippen MR) is 97.1 cm³/mol. The predicted octanol–water partition coefficient (Wildman–Crippen LogP) is -1.28. The maximum absolute atomic E-state index is 13.8. The van der Waals surface area contributed by atoms with Gasteiger partial charge in [-0.25, -0.2) is 0 Å².